The quantitative estimate of drug-likeness (QED) is 0.924. The van der Waals surface area contributed by atoms with Crippen LogP contribution >= 0.6 is 0 Å². The van der Waals surface area contributed by atoms with E-state index in [2.05, 4.69) is 5.32 Å². The highest BCUT2D eigenvalue weighted by molar-refractivity contribution is 7.88. The number of hydrogen-bond donors (Lipinski definition) is 1. The first-order valence-corrected chi connectivity index (χ1v) is 8.17. The van der Waals surface area contributed by atoms with Crippen molar-refractivity contribution in [2.75, 3.05) is 19.6 Å². The van der Waals surface area contributed by atoms with Gasteiger partial charge in [-0.05, 0) is 18.6 Å². The van der Waals surface area contributed by atoms with Gasteiger partial charge < -0.3 is 5.32 Å². The second kappa shape index (κ2) is 5.94. The number of sulfonamides is 1. The van der Waals surface area contributed by atoms with Crippen LogP contribution in [0.5, 0.6) is 0 Å². The molecule has 21 heavy (non-hydrogen) atoms. The van der Waals surface area contributed by atoms with E-state index in [1.54, 1.807) is 0 Å². The summed E-state index contributed by atoms with van der Waals surface area (Å²) in [6.45, 7) is 3.09. The van der Waals surface area contributed by atoms with Crippen molar-refractivity contribution in [1.29, 1.82) is 0 Å². The number of benzene rings is 1. The van der Waals surface area contributed by atoms with Gasteiger partial charge in [-0.3, -0.25) is 0 Å². The highest BCUT2D eigenvalue weighted by Crippen LogP contribution is 2.30. The lowest BCUT2D eigenvalue weighted by Crippen LogP contribution is -2.51. The molecule has 0 amide bonds. The number of nitrogens with one attached hydrogen (secondary N) is 1. The Balaban J connectivity index is 2.17. The Labute approximate surface area is 122 Å². The summed E-state index contributed by atoms with van der Waals surface area (Å²) in [6, 6.07) is 4.49. The van der Waals surface area contributed by atoms with Gasteiger partial charge in [0.25, 0.3) is 0 Å². The Bertz CT molecular complexity index is 602. The minimum absolute atomic E-state index is 0.0371. The van der Waals surface area contributed by atoms with Crippen LogP contribution < -0.4 is 5.32 Å². The molecule has 1 atom stereocenters. The summed E-state index contributed by atoms with van der Waals surface area (Å²) in [6.07, 6.45) is -4.47. The van der Waals surface area contributed by atoms with Gasteiger partial charge in [0, 0.05) is 25.7 Å². The smallest absolute Gasteiger partial charge is 0.312 e. The number of piperazine rings is 1. The maximum absolute atomic E-state index is 12.6. The maximum Gasteiger partial charge on any atom is 0.416 e. The molecule has 0 bridgehead atoms. The molecular weight excluding hydrogens is 305 g/mol. The number of rotatable bonds is 3. The van der Waals surface area contributed by atoms with Crippen molar-refractivity contribution in [3.63, 3.8) is 0 Å². The largest absolute Gasteiger partial charge is 0.416 e. The molecule has 4 nitrogen and oxygen atoms in total. The van der Waals surface area contributed by atoms with E-state index in [0.717, 1.165) is 12.1 Å². The predicted molar refractivity (Wildman–Crippen MR) is 73.1 cm³/mol. The van der Waals surface area contributed by atoms with E-state index in [9.17, 15) is 21.6 Å². The molecule has 0 spiro atoms. The number of hydrogen-bond acceptors (Lipinski definition) is 3. The van der Waals surface area contributed by atoms with Gasteiger partial charge in [-0.25, -0.2) is 8.42 Å². The summed E-state index contributed by atoms with van der Waals surface area (Å²) in [5.41, 5.74) is -0.681. The molecule has 0 radical (unpaired) electrons. The van der Waals surface area contributed by atoms with Crippen molar-refractivity contribution in [2.24, 2.45) is 0 Å². The van der Waals surface area contributed by atoms with Gasteiger partial charge in [0.1, 0.15) is 0 Å². The first kappa shape index (κ1) is 16.3. The summed E-state index contributed by atoms with van der Waals surface area (Å²) in [4.78, 5) is 0. The van der Waals surface area contributed by atoms with Gasteiger partial charge in [-0.15, -0.1) is 0 Å². The van der Waals surface area contributed by atoms with E-state index >= 15 is 0 Å². The number of alkyl halides is 3. The third-order valence-corrected chi connectivity index (χ3v) is 5.14. The second-order valence-electron chi connectivity index (χ2n) is 5.17. The molecule has 2 rings (SSSR count). The lowest BCUT2D eigenvalue weighted by Gasteiger charge is -2.31. The molecule has 0 saturated carbocycles. The molecule has 1 aromatic carbocycles. The zero-order valence-corrected chi connectivity index (χ0v) is 12.3. The summed E-state index contributed by atoms with van der Waals surface area (Å²) in [5.74, 6) is -0.413. The Morgan fingerprint density at radius 2 is 2.10 bits per heavy atom. The summed E-state index contributed by atoms with van der Waals surface area (Å²) in [7, 11) is -3.61. The molecule has 1 aromatic rings. The van der Waals surface area contributed by atoms with E-state index in [4.69, 9.17) is 0 Å². The van der Waals surface area contributed by atoms with E-state index in [1.165, 1.54) is 16.4 Å². The van der Waals surface area contributed by atoms with Crippen LogP contribution in [0.15, 0.2) is 24.3 Å². The average Bonchev–Trinajstić information content (AvgIpc) is 2.37. The molecule has 8 heteroatoms. The standard InChI is InChI=1S/C13H17F3N2O2S/c1-10-8-18(6-5-17-10)21(19,20)9-11-3-2-4-12(7-11)13(14,15)16/h2-4,7,10,17H,5-6,8-9H2,1H3/t10-/m1/s1. The third-order valence-electron chi connectivity index (χ3n) is 3.33. The van der Waals surface area contributed by atoms with Crippen LogP contribution in [0.2, 0.25) is 0 Å². The van der Waals surface area contributed by atoms with Gasteiger partial charge in [-0.1, -0.05) is 18.2 Å². The van der Waals surface area contributed by atoms with Crippen molar-refractivity contribution in [3.8, 4) is 0 Å². The molecule has 1 saturated heterocycles. The molecule has 0 aromatic heterocycles. The van der Waals surface area contributed by atoms with Crippen molar-refractivity contribution >= 4 is 10.0 Å². The zero-order chi connectivity index (χ0) is 15.7. The summed E-state index contributed by atoms with van der Waals surface area (Å²) in [5, 5.41) is 3.12. The summed E-state index contributed by atoms with van der Waals surface area (Å²) < 4.78 is 63.8. The Hall–Kier alpha value is -1.12. The minimum Gasteiger partial charge on any atom is -0.312 e. The monoisotopic (exact) mass is 322 g/mol. The molecule has 118 valence electrons. The lowest BCUT2D eigenvalue weighted by atomic mass is 10.1. The van der Waals surface area contributed by atoms with Crippen molar-refractivity contribution in [3.05, 3.63) is 35.4 Å². The predicted octanol–water partition coefficient (Wildman–Crippen LogP) is 1.83. The van der Waals surface area contributed by atoms with Crippen LogP contribution in [0.25, 0.3) is 0 Å². The van der Waals surface area contributed by atoms with E-state index in [1.807, 2.05) is 6.92 Å². The Morgan fingerprint density at radius 3 is 2.71 bits per heavy atom. The summed E-state index contributed by atoms with van der Waals surface area (Å²) >= 11 is 0. The van der Waals surface area contributed by atoms with Crippen molar-refractivity contribution in [1.82, 2.24) is 9.62 Å². The molecule has 1 aliphatic rings. The van der Waals surface area contributed by atoms with E-state index in [-0.39, 0.29) is 11.6 Å². The SMILES string of the molecule is C[C@@H]1CN(S(=O)(=O)Cc2cccc(C(F)(F)F)c2)CCN1. The number of halogens is 3. The first-order valence-electron chi connectivity index (χ1n) is 6.56. The van der Waals surface area contributed by atoms with Gasteiger partial charge in [-0.2, -0.15) is 17.5 Å². The maximum atomic E-state index is 12.6. The van der Waals surface area contributed by atoms with Gasteiger partial charge >= 0.3 is 6.18 Å². The topological polar surface area (TPSA) is 49.4 Å². The van der Waals surface area contributed by atoms with Crippen LogP contribution in [0, 0.1) is 0 Å². The van der Waals surface area contributed by atoms with Gasteiger partial charge in [0.05, 0.1) is 11.3 Å². The van der Waals surface area contributed by atoms with E-state index in [0.29, 0.717) is 19.6 Å². The molecular formula is C13H17F3N2O2S. The van der Waals surface area contributed by atoms with Crippen LogP contribution in [-0.4, -0.2) is 38.4 Å². The van der Waals surface area contributed by atoms with Crippen LogP contribution in [0.4, 0.5) is 13.2 Å². The van der Waals surface area contributed by atoms with Crippen LogP contribution in [-0.2, 0) is 22.0 Å². The van der Waals surface area contributed by atoms with Crippen LogP contribution in [0.1, 0.15) is 18.1 Å². The van der Waals surface area contributed by atoms with Gasteiger partial charge in [0.2, 0.25) is 10.0 Å². The second-order valence-corrected chi connectivity index (χ2v) is 7.14. The minimum atomic E-state index is -4.47. The zero-order valence-electron chi connectivity index (χ0n) is 11.5. The highest BCUT2D eigenvalue weighted by atomic mass is 32.2. The highest BCUT2D eigenvalue weighted by Gasteiger charge is 2.31. The molecule has 0 aliphatic carbocycles. The number of nitrogens with zero attached hydrogens (tertiary/aromatic N) is 1. The fourth-order valence-corrected chi connectivity index (χ4v) is 3.89. The lowest BCUT2D eigenvalue weighted by molar-refractivity contribution is -0.137. The van der Waals surface area contributed by atoms with Gasteiger partial charge in [0.15, 0.2) is 0 Å². The normalized spacial score (nSPS) is 21.4. The average molecular weight is 322 g/mol. The third kappa shape index (κ3) is 4.18. The Morgan fingerprint density at radius 1 is 1.38 bits per heavy atom. The molecule has 1 heterocycles. The van der Waals surface area contributed by atoms with E-state index < -0.39 is 27.5 Å². The fourth-order valence-electron chi connectivity index (χ4n) is 2.29. The first-order chi connectivity index (χ1) is 9.68. The van der Waals surface area contributed by atoms with Crippen LogP contribution in [0.3, 0.4) is 0 Å². The molecule has 1 fully saturated rings. The molecule has 0 unspecified atom stereocenters. The molecule has 1 N–H and O–H groups in total. The van der Waals surface area contributed by atoms with Crippen molar-refractivity contribution in [2.45, 2.75) is 24.9 Å². The fraction of sp³-hybridized carbons (Fsp3) is 0.538. The Kier molecular flexibility index (Phi) is 4.60. The molecule has 1 aliphatic heterocycles. The van der Waals surface area contributed by atoms with Crippen molar-refractivity contribution < 1.29 is 21.6 Å².